The van der Waals surface area contributed by atoms with Crippen molar-refractivity contribution in [3.63, 3.8) is 0 Å². The van der Waals surface area contributed by atoms with Crippen LogP contribution in [0.4, 0.5) is 5.82 Å². The summed E-state index contributed by atoms with van der Waals surface area (Å²) in [7, 11) is 0. The quantitative estimate of drug-likeness (QED) is 0.658. The average Bonchev–Trinajstić information content (AvgIpc) is 2.28. The molecule has 2 N–H and O–H groups in total. The summed E-state index contributed by atoms with van der Waals surface area (Å²) in [6.07, 6.45) is 0.409. The lowest BCUT2D eigenvalue weighted by Crippen LogP contribution is -2.39. The molecule has 1 aromatic heterocycles. The topological polar surface area (TPSA) is 66.9 Å². The summed E-state index contributed by atoms with van der Waals surface area (Å²) >= 11 is 13.2. The molecule has 1 atom stereocenters. The molecule has 0 saturated carbocycles. The maximum absolute atomic E-state index is 11.8. The summed E-state index contributed by atoms with van der Waals surface area (Å²) in [6.45, 7) is 0.938. The van der Waals surface area contributed by atoms with E-state index in [1.165, 1.54) is 6.07 Å². The van der Waals surface area contributed by atoms with Crippen molar-refractivity contribution in [3.8, 4) is 0 Å². The molecule has 8 heteroatoms. The third kappa shape index (κ3) is 4.28. The Morgan fingerprint density at radius 2 is 2.39 bits per heavy atom. The van der Waals surface area contributed by atoms with Crippen LogP contribution in [-0.4, -0.2) is 40.0 Å². The first-order valence-corrected chi connectivity index (χ1v) is 7.35. The van der Waals surface area contributed by atoms with Gasteiger partial charge in [-0.15, -0.1) is 0 Å². The predicted octanol–water partition coefficient (Wildman–Crippen LogP) is 1.82. The second-order valence-corrected chi connectivity index (χ2v) is 5.70. The van der Waals surface area contributed by atoms with E-state index in [0.29, 0.717) is 12.2 Å². The van der Waals surface area contributed by atoms with Gasteiger partial charge in [-0.25, -0.2) is 9.97 Å². The van der Waals surface area contributed by atoms with Crippen LogP contribution in [-0.2, 0) is 4.79 Å². The molecule has 0 radical (unpaired) electrons. The zero-order valence-electron chi connectivity index (χ0n) is 9.45. The van der Waals surface area contributed by atoms with E-state index in [-0.39, 0.29) is 22.4 Å². The first-order valence-electron chi connectivity index (χ1n) is 5.44. The van der Waals surface area contributed by atoms with E-state index < -0.39 is 0 Å². The Bertz CT molecular complexity index is 420. The van der Waals surface area contributed by atoms with Crippen LogP contribution in [0, 0.1) is 0 Å². The summed E-state index contributed by atoms with van der Waals surface area (Å²) < 4.78 is 0. The molecule has 1 aliphatic rings. The van der Waals surface area contributed by atoms with Gasteiger partial charge in [0.25, 0.3) is 0 Å². The van der Waals surface area contributed by atoms with Gasteiger partial charge in [0.1, 0.15) is 11.0 Å². The van der Waals surface area contributed by atoms with Gasteiger partial charge in [0, 0.05) is 36.6 Å². The molecule has 0 bridgehead atoms. The van der Waals surface area contributed by atoms with Gasteiger partial charge in [0.2, 0.25) is 11.2 Å². The van der Waals surface area contributed by atoms with Crippen LogP contribution in [0.5, 0.6) is 0 Å². The van der Waals surface area contributed by atoms with E-state index in [4.69, 9.17) is 23.2 Å². The number of nitrogens with zero attached hydrogens (tertiary/aromatic N) is 2. The van der Waals surface area contributed by atoms with Crippen LogP contribution in [0.1, 0.15) is 6.42 Å². The number of hydrogen-bond acceptors (Lipinski definition) is 5. The zero-order chi connectivity index (χ0) is 13.0. The Kier molecular flexibility index (Phi) is 5.05. The highest BCUT2D eigenvalue weighted by atomic mass is 35.5. The summed E-state index contributed by atoms with van der Waals surface area (Å²) in [5.74, 6) is 2.25. The number of anilines is 1. The van der Waals surface area contributed by atoms with Crippen LogP contribution < -0.4 is 10.6 Å². The number of amides is 1. The standard InChI is InChI=1S/C10H12Cl2N4OS/c11-7-4-8(16-10(12)14-7)15-9(17)3-6-5-18-2-1-13-6/h4,6,13H,1-3,5H2,(H,14,15,16,17). The highest BCUT2D eigenvalue weighted by molar-refractivity contribution is 7.99. The van der Waals surface area contributed by atoms with E-state index in [1.807, 2.05) is 11.8 Å². The van der Waals surface area contributed by atoms with Crippen molar-refractivity contribution >= 4 is 46.7 Å². The number of halogens is 2. The smallest absolute Gasteiger partial charge is 0.227 e. The molecule has 0 aromatic carbocycles. The third-order valence-electron chi connectivity index (χ3n) is 2.37. The van der Waals surface area contributed by atoms with Gasteiger partial charge in [0.05, 0.1) is 0 Å². The Balaban J connectivity index is 1.89. The number of hydrogen-bond donors (Lipinski definition) is 2. The SMILES string of the molecule is O=C(CC1CSCCN1)Nc1cc(Cl)nc(Cl)n1. The van der Waals surface area contributed by atoms with Crippen molar-refractivity contribution in [1.82, 2.24) is 15.3 Å². The fourth-order valence-corrected chi connectivity index (χ4v) is 2.98. The van der Waals surface area contributed by atoms with Gasteiger partial charge >= 0.3 is 0 Å². The van der Waals surface area contributed by atoms with Crippen LogP contribution in [0.3, 0.4) is 0 Å². The van der Waals surface area contributed by atoms with Gasteiger partial charge < -0.3 is 10.6 Å². The number of carbonyl (C=O) groups is 1. The highest BCUT2D eigenvalue weighted by Crippen LogP contribution is 2.15. The number of rotatable bonds is 3. The molecule has 1 amide bonds. The second-order valence-electron chi connectivity index (χ2n) is 3.82. The van der Waals surface area contributed by atoms with Crippen LogP contribution in [0.25, 0.3) is 0 Å². The van der Waals surface area contributed by atoms with Crippen LogP contribution >= 0.6 is 35.0 Å². The highest BCUT2D eigenvalue weighted by Gasteiger charge is 2.17. The molecule has 1 saturated heterocycles. The number of thioether (sulfide) groups is 1. The maximum atomic E-state index is 11.8. The van der Waals surface area contributed by atoms with Crippen molar-refractivity contribution in [2.24, 2.45) is 0 Å². The largest absolute Gasteiger partial charge is 0.312 e. The molecule has 2 rings (SSSR count). The normalized spacial score (nSPS) is 19.6. The summed E-state index contributed by atoms with van der Waals surface area (Å²) in [5.41, 5.74) is 0. The predicted molar refractivity (Wildman–Crippen MR) is 74.4 cm³/mol. The molecule has 98 valence electrons. The molecule has 18 heavy (non-hydrogen) atoms. The monoisotopic (exact) mass is 306 g/mol. The fraction of sp³-hybridized carbons (Fsp3) is 0.500. The lowest BCUT2D eigenvalue weighted by molar-refractivity contribution is -0.116. The van der Waals surface area contributed by atoms with Crippen molar-refractivity contribution in [2.75, 3.05) is 23.4 Å². The minimum Gasteiger partial charge on any atom is -0.312 e. The van der Waals surface area contributed by atoms with Gasteiger partial charge in [-0.05, 0) is 11.6 Å². The summed E-state index contributed by atoms with van der Waals surface area (Å²) in [4.78, 5) is 19.4. The molecular weight excluding hydrogens is 295 g/mol. The number of carbonyl (C=O) groups excluding carboxylic acids is 1. The van der Waals surface area contributed by atoms with Gasteiger partial charge in [-0.3, -0.25) is 4.79 Å². The molecule has 0 spiro atoms. The van der Waals surface area contributed by atoms with E-state index in [2.05, 4.69) is 20.6 Å². The van der Waals surface area contributed by atoms with Crippen molar-refractivity contribution in [3.05, 3.63) is 16.5 Å². The van der Waals surface area contributed by atoms with Crippen molar-refractivity contribution in [2.45, 2.75) is 12.5 Å². The van der Waals surface area contributed by atoms with Gasteiger partial charge in [0.15, 0.2) is 0 Å². The molecule has 1 aliphatic heterocycles. The molecule has 1 fully saturated rings. The number of aromatic nitrogens is 2. The Morgan fingerprint density at radius 3 is 3.06 bits per heavy atom. The lowest BCUT2D eigenvalue weighted by Gasteiger charge is -2.22. The van der Waals surface area contributed by atoms with E-state index in [0.717, 1.165) is 18.1 Å². The van der Waals surface area contributed by atoms with E-state index in [1.54, 1.807) is 0 Å². The van der Waals surface area contributed by atoms with Crippen LogP contribution in [0.2, 0.25) is 10.4 Å². The molecule has 2 heterocycles. The maximum Gasteiger partial charge on any atom is 0.227 e. The second kappa shape index (κ2) is 6.56. The number of nitrogens with one attached hydrogen (secondary N) is 2. The Morgan fingerprint density at radius 1 is 1.56 bits per heavy atom. The fourth-order valence-electron chi connectivity index (χ4n) is 1.62. The average molecular weight is 307 g/mol. The molecule has 5 nitrogen and oxygen atoms in total. The molecule has 1 aromatic rings. The summed E-state index contributed by atoms with van der Waals surface area (Å²) in [5, 5.41) is 6.18. The summed E-state index contributed by atoms with van der Waals surface area (Å²) in [6, 6.07) is 1.67. The first-order chi connectivity index (χ1) is 8.63. The van der Waals surface area contributed by atoms with E-state index >= 15 is 0 Å². The zero-order valence-corrected chi connectivity index (χ0v) is 11.8. The lowest BCUT2D eigenvalue weighted by atomic mass is 10.2. The van der Waals surface area contributed by atoms with Crippen molar-refractivity contribution < 1.29 is 4.79 Å². The van der Waals surface area contributed by atoms with E-state index in [9.17, 15) is 4.79 Å². The third-order valence-corrected chi connectivity index (χ3v) is 3.86. The van der Waals surface area contributed by atoms with Gasteiger partial charge in [-0.2, -0.15) is 11.8 Å². The Labute approximate surface area is 119 Å². The van der Waals surface area contributed by atoms with Crippen molar-refractivity contribution in [1.29, 1.82) is 0 Å². The first kappa shape index (κ1) is 13.9. The minimum atomic E-state index is -0.110. The molecular formula is C10H12Cl2N4OS. The molecule has 1 unspecified atom stereocenters. The molecule has 0 aliphatic carbocycles. The minimum absolute atomic E-state index is 0.0177. The van der Waals surface area contributed by atoms with Crippen LogP contribution in [0.15, 0.2) is 6.07 Å². The van der Waals surface area contributed by atoms with Gasteiger partial charge in [-0.1, -0.05) is 11.6 Å². The Hall–Kier alpha value is -0.560.